The lowest BCUT2D eigenvalue weighted by Crippen LogP contribution is -2.44. The predicted octanol–water partition coefficient (Wildman–Crippen LogP) is 9.65. The molecule has 0 fully saturated rings. The third kappa shape index (κ3) is 13.7. The van der Waals surface area contributed by atoms with E-state index in [0.29, 0.717) is 11.1 Å². The van der Waals surface area contributed by atoms with Gasteiger partial charge in [-0.1, -0.05) is 27.0 Å². The highest BCUT2D eigenvalue weighted by atomic mass is 16.9. The average Bonchev–Trinajstić information content (AvgIpc) is 3.30. The largest absolute Gasteiger partial charge is 0.489 e. The molecule has 0 aliphatic heterocycles. The normalized spacial score (nSPS) is 11.7. The fourth-order valence-corrected chi connectivity index (χ4v) is 7.43. The Balaban J connectivity index is 3.41. The van der Waals surface area contributed by atoms with Gasteiger partial charge >= 0.3 is 23.9 Å². The second-order valence-corrected chi connectivity index (χ2v) is 14.6. The highest BCUT2D eigenvalue weighted by Gasteiger charge is 2.48. The van der Waals surface area contributed by atoms with Gasteiger partial charge in [-0.25, -0.2) is 9.59 Å². The van der Waals surface area contributed by atoms with Crippen molar-refractivity contribution in [2.75, 3.05) is 92.5 Å². The van der Waals surface area contributed by atoms with Crippen LogP contribution >= 0.6 is 0 Å². The van der Waals surface area contributed by atoms with Crippen molar-refractivity contribution in [3.63, 3.8) is 0 Å². The standard InChI is InChI=1S/C51H80O18/c1-19-54-37-35(38(55-20-2)42(59-24-6)45(41(37)58-23-5)68-47(52)33(15)50(62-27-9,63-28-10)64-29-11)49(17,18)36-39(56-21-3)43(60-25-7)46(44(61-26-8)40(36)57-22-4)69-48(53)34(16)51(65-30-12,66-31-13)67-32-14/h15-16,19-32H2,1-14,17-18H3. The van der Waals surface area contributed by atoms with E-state index in [-0.39, 0.29) is 161 Å². The number of rotatable bonds is 36. The Morgan fingerprint density at radius 3 is 0.681 bits per heavy atom. The number of hydrogen-bond donors (Lipinski definition) is 0. The summed E-state index contributed by atoms with van der Waals surface area (Å²) in [6, 6.07) is 0. The van der Waals surface area contributed by atoms with Gasteiger partial charge in [0.25, 0.3) is 0 Å². The highest BCUT2D eigenvalue weighted by Crippen LogP contribution is 2.64. The molecule has 2 rings (SSSR count). The van der Waals surface area contributed by atoms with Crippen molar-refractivity contribution >= 4 is 11.9 Å². The van der Waals surface area contributed by atoms with Gasteiger partial charge in [-0.2, -0.15) is 0 Å². The number of carbonyl (C=O) groups is 2. The molecule has 0 spiro atoms. The molecule has 0 N–H and O–H groups in total. The maximum Gasteiger partial charge on any atom is 0.347 e. The van der Waals surface area contributed by atoms with Gasteiger partial charge in [0.1, 0.15) is 11.1 Å². The van der Waals surface area contributed by atoms with Gasteiger partial charge in [-0.3, -0.25) is 0 Å². The van der Waals surface area contributed by atoms with Gasteiger partial charge in [0.2, 0.25) is 34.5 Å². The van der Waals surface area contributed by atoms with Crippen LogP contribution in [0.25, 0.3) is 0 Å². The van der Waals surface area contributed by atoms with Crippen molar-refractivity contribution in [2.24, 2.45) is 0 Å². The first-order valence-corrected chi connectivity index (χ1v) is 24.2. The first-order chi connectivity index (χ1) is 33.1. The van der Waals surface area contributed by atoms with E-state index in [4.69, 9.17) is 75.8 Å². The Kier molecular flexibility index (Phi) is 25.5. The van der Waals surface area contributed by atoms with Crippen LogP contribution in [0.15, 0.2) is 24.3 Å². The molecular formula is C51H80O18. The second kappa shape index (κ2) is 29.3. The molecule has 0 bridgehead atoms. The van der Waals surface area contributed by atoms with Crippen molar-refractivity contribution in [3.05, 3.63) is 35.4 Å². The van der Waals surface area contributed by atoms with Crippen molar-refractivity contribution < 1.29 is 85.4 Å². The Bertz CT molecular complexity index is 1730. The minimum absolute atomic E-state index is 0.00160. The van der Waals surface area contributed by atoms with Crippen LogP contribution in [0.4, 0.5) is 0 Å². The summed E-state index contributed by atoms with van der Waals surface area (Å²) in [5.74, 6) is -5.70. The molecule has 18 nitrogen and oxygen atoms in total. The van der Waals surface area contributed by atoms with E-state index in [1.807, 2.05) is 13.8 Å². The summed E-state index contributed by atoms with van der Waals surface area (Å²) >= 11 is 0. The van der Waals surface area contributed by atoms with E-state index >= 15 is 0 Å². The van der Waals surface area contributed by atoms with Crippen LogP contribution in [0.2, 0.25) is 0 Å². The smallest absolute Gasteiger partial charge is 0.347 e. The Hall–Kier alpha value is -4.98. The summed E-state index contributed by atoms with van der Waals surface area (Å²) in [6.07, 6.45) is 0. The van der Waals surface area contributed by atoms with Crippen LogP contribution in [0.1, 0.15) is 122 Å². The zero-order valence-electron chi connectivity index (χ0n) is 44.2. The lowest BCUT2D eigenvalue weighted by molar-refractivity contribution is -0.352. The molecule has 0 atom stereocenters. The zero-order chi connectivity index (χ0) is 52.0. The first kappa shape index (κ1) is 60.1. The quantitative estimate of drug-likeness (QED) is 0.0272. The SMILES string of the molecule is C=C(C(=O)Oc1c(OCC)c(OCC)c(C(C)(C)c2c(OCC)c(OCC)c(OC(=O)C(=C)C(OCC)(OCC)OCC)c(OCC)c2OCC)c(OCC)c1OCC)C(OCC)(OCC)OCC. The number of esters is 2. The molecule has 0 heterocycles. The van der Waals surface area contributed by atoms with Crippen molar-refractivity contribution in [3.8, 4) is 57.5 Å². The average molecular weight is 981 g/mol. The van der Waals surface area contributed by atoms with Gasteiger partial charge < -0.3 is 75.8 Å². The van der Waals surface area contributed by atoms with Crippen LogP contribution < -0.4 is 47.4 Å². The van der Waals surface area contributed by atoms with E-state index in [1.165, 1.54) is 0 Å². The van der Waals surface area contributed by atoms with Gasteiger partial charge in [-0.05, 0) is 96.9 Å². The fraction of sp³-hybridized carbons (Fsp3) is 0.647. The molecule has 0 saturated carbocycles. The van der Waals surface area contributed by atoms with Gasteiger partial charge in [0.05, 0.1) is 64.0 Å². The third-order valence-corrected chi connectivity index (χ3v) is 9.75. The van der Waals surface area contributed by atoms with Crippen molar-refractivity contribution in [2.45, 2.75) is 128 Å². The Morgan fingerprint density at radius 2 is 0.507 bits per heavy atom. The monoisotopic (exact) mass is 981 g/mol. The van der Waals surface area contributed by atoms with Crippen molar-refractivity contribution in [1.29, 1.82) is 0 Å². The maximum atomic E-state index is 14.4. The molecule has 2 aromatic rings. The van der Waals surface area contributed by atoms with E-state index in [9.17, 15) is 9.59 Å². The fourth-order valence-electron chi connectivity index (χ4n) is 7.43. The number of hydrogen-bond acceptors (Lipinski definition) is 18. The van der Waals surface area contributed by atoms with Gasteiger partial charge in [-0.15, -0.1) is 0 Å². The molecule has 18 heteroatoms. The van der Waals surface area contributed by atoms with E-state index in [0.717, 1.165) is 0 Å². The molecule has 0 unspecified atom stereocenters. The minimum atomic E-state index is -1.96. The molecule has 0 aromatic heterocycles. The molecule has 0 aliphatic rings. The van der Waals surface area contributed by atoms with Crippen LogP contribution in [0, 0.1) is 0 Å². The zero-order valence-corrected chi connectivity index (χ0v) is 44.2. The minimum Gasteiger partial charge on any atom is -0.489 e. The summed E-state index contributed by atoms with van der Waals surface area (Å²) in [4.78, 5) is 28.8. The lowest BCUT2D eigenvalue weighted by Gasteiger charge is -2.36. The summed E-state index contributed by atoms with van der Waals surface area (Å²) in [5, 5.41) is 0. The summed E-state index contributed by atoms with van der Waals surface area (Å²) in [7, 11) is 0. The molecule has 0 saturated heterocycles. The van der Waals surface area contributed by atoms with E-state index < -0.39 is 29.3 Å². The third-order valence-electron chi connectivity index (χ3n) is 9.75. The van der Waals surface area contributed by atoms with Crippen LogP contribution in [-0.2, 0) is 43.4 Å². The van der Waals surface area contributed by atoms with Crippen LogP contribution in [0.5, 0.6) is 57.5 Å². The van der Waals surface area contributed by atoms with Crippen LogP contribution in [-0.4, -0.2) is 116 Å². The number of benzene rings is 2. The topological polar surface area (TPSA) is 182 Å². The highest BCUT2D eigenvalue weighted by molar-refractivity contribution is 5.94. The Labute approximate surface area is 409 Å². The van der Waals surface area contributed by atoms with Crippen LogP contribution in [0.3, 0.4) is 0 Å². The molecule has 69 heavy (non-hydrogen) atoms. The van der Waals surface area contributed by atoms with Gasteiger partial charge in [0.15, 0.2) is 23.0 Å². The summed E-state index contributed by atoms with van der Waals surface area (Å²) in [5.41, 5.74) is -1.18. The van der Waals surface area contributed by atoms with E-state index in [1.54, 1.807) is 96.9 Å². The Morgan fingerprint density at radius 1 is 0.319 bits per heavy atom. The molecule has 0 radical (unpaired) electrons. The lowest BCUT2D eigenvalue weighted by atomic mass is 9.75. The second-order valence-electron chi connectivity index (χ2n) is 14.6. The molecule has 392 valence electrons. The molecule has 0 amide bonds. The van der Waals surface area contributed by atoms with Gasteiger partial charge in [0, 0.05) is 45.1 Å². The maximum absolute atomic E-state index is 14.4. The number of carbonyl (C=O) groups excluding carboxylic acids is 2. The first-order valence-electron chi connectivity index (χ1n) is 24.2. The van der Waals surface area contributed by atoms with Crippen molar-refractivity contribution in [1.82, 2.24) is 0 Å². The molecule has 0 aliphatic carbocycles. The summed E-state index contributed by atoms with van der Waals surface area (Å²) < 4.78 is 99.6. The number of ether oxygens (including phenoxy) is 16. The molecular weight excluding hydrogens is 901 g/mol. The van der Waals surface area contributed by atoms with E-state index in [2.05, 4.69) is 13.2 Å². The predicted molar refractivity (Wildman–Crippen MR) is 259 cm³/mol. The summed E-state index contributed by atoms with van der Waals surface area (Å²) in [6.45, 7) is 37.9. The molecule has 2 aromatic carbocycles.